The van der Waals surface area contributed by atoms with Crippen molar-refractivity contribution >= 4 is 11.6 Å². The molecular weight excluding hydrogens is 174 g/mol. The third-order valence-electron chi connectivity index (χ3n) is 1.83. The van der Waals surface area contributed by atoms with E-state index in [0.717, 1.165) is 12.0 Å². The molecule has 0 aromatic heterocycles. The van der Waals surface area contributed by atoms with Crippen LogP contribution in [0.1, 0.15) is 24.9 Å². The number of aromatic hydroxyl groups is 1. The highest BCUT2D eigenvalue weighted by atomic mass is 35.5. The number of halogens is 1. The Morgan fingerprint density at radius 3 is 2.75 bits per heavy atom. The average molecular weight is 186 g/mol. The molecule has 3 heteroatoms. The summed E-state index contributed by atoms with van der Waals surface area (Å²) in [6, 6.07) is 4.88. The van der Waals surface area contributed by atoms with Crippen LogP contribution in [0.3, 0.4) is 0 Å². The summed E-state index contributed by atoms with van der Waals surface area (Å²) in [5.41, 5.74) is 6.49. The van der Waals surface area contributed by atoms with E-state index in [2.05, 4.69) is 0 Å². The Morgan fingerprint density at radius 2 is 2.25 bits per heavy atom. The molecule has 0 fully saturated rings. The second-order valence-electron chi connectivity index (χ2n) is 2.72. The number of hydrogen-bond donors (Lipinski definition) is 2. The molecule has 0 heterocycles. The van der Waals surface area contributed by atoms with Gasteiger partial charge in [-0.3, -0.25) is 0 Å². The monoisotopic (exact) mass is 185 g/mol. The number of rotatable bonds is 2. The molecule has 0 spiro atoms. The summed E-state index contributed by atoms with van der Waals surface area (Å²) in [4.78, 5) is 0. The van der Waals surface area contributed by atoms with Gasteiger partial charge >= 0.3 is 0 Å². The molecule has 2 nitrogen and oxygen atoms in total. The second-order valence-corrected chi connectivity index (χ2v) is 3.15. The minimum atomic E-state index is -0.109. The number of nitrogens with two attached hydrogens (primary N) is 1. The maximum Gasteiger partial charge on any atom is 0.121 e. The van der Waals surface area contributed by atoms with Crippen molar-refractivity contribution in [2.24, 2.45) is 5.73 Å². The Bertz CT molecular complexity index is 275. The Kier molecular flexibility index (Phi) is 2.95. The van der Waals surface area contributed by atoms with E-state index >= 15 is 0 Å². The summed E-state index contributed by atoms with van der Waals surface area (Å²) in [5.74, 6) is 0.178. The zero-order valence-electron chi connectivity index (χ0n) is 6.92. The van der Waals surface area contributed by atoms with Crippen molar-refractivity contribution in [1.29, 1.82) is 0 Å². The van der Waals surface area contributed by atoms with Crippen molar-refractivity contribution in [3.8, 4) is 5.75 Å². The third-order valence-corrected chi connectivity index (χ3v) is 2.07. The molecular formula is C9H12ClNO. The van der Waals surface area contributed by atoms with E-state index in [-0.39, 0.29) is 11.8 Å². The van der Waals surface area contributed by atoms with Crippen LogP contribution in [0.15, 0.2) is 18.2 Å². The summed E-state index contributed by atoms with van der Waals surface area (Å²) in [5, 5.41) is 9.96. The summed E-state index contributed by atoms with van der Waals surface area (Å²) in [6.07, 6.45) is 0.801. The predicted molar refractivity (Wildman–Crippen MR) is 50.3 cm³/mol. The Balaban J connectivity index is 3.01. The summed E-state index contributed by atoms with van der Waals surface area (Å²) < 4.78 is 0. The van der Waals surface area contributed by atoms with Crippen molar-refractivity contribution in [2.45, 2.75) is 19.4 Å². The molecule has 0 amide bonds. The molecule has 12 heavy (non-hydrogen) atoms. The third kappa shape index (κ3) is 1.90. The van der Waals surface area contributed by atoms with E-state index in [4.69, 9.17) is 17.3 Å². The standard InChI is InChI=1S/C9H12ClNO/c1-2-8(11)7-4-3-6(10)5-9(7)12/h3-5,8,12H,2,11H2,1H3. The maximum atomic E-state index is 9.43. The highest BCUT2D eigenvalue weighted by molar-refractivity contribution is 6.30. The van der Waals surface area contributed by atoms with Crippen LogP contribution < -0.4 is 5.73 Å². The molecule has 1 aromatic carbocycles. The van der Waals surface area contributed by atoms with Gasteiger partial charge in [0.1, 0.15) is 5.75 Å². The van der Waals surface area contributed by atoms with Crippen molar-refractivity contribution in [2.75, 3.05) is 0 Å². The SMILES string of the molecule is CCC(N)c1ccc(Cl)cc1O. The molecule has 66 valence electrons. The van der Waals surface area contributed by atoms with Gasteiger partial charge in [-0.1, -0.05) is 24.6 Å². The molecule has 0 aliphatic rings. The first kappa shape index (κ1) is 9.36. The quantitative estimate of drug-likeness (QED) is 0.744. The molecule has 1 rings (SSSR count). The minimum absolute atomic E-state index is 0.109. The van der Waals surface area contributed by atoms with Gasteiger partial charge in [-0.05, 0) is 18.6 Å². The van der Waals surface area contributed by atoms with Gasteiger partial charge in [-0.15, -0.1) is 0 Å². The lowest BCUT2D eigenvalue weighted by Gasteiger charge is -2.10. The van der Waals surface area contributed by atoms with E-state index in [1.165, 1.54) is 6.07 Å². The first-order valence-electron chi connectivity index (χ1n) is 3.89. The van der Waals surface area contributed by atoms with Gasteiger partial charge in [-0.25, -0.2) is 0 Å². The molecule has 1 aromatic rings. The lowest BCUT2D eigenvalue weighted by molar-refractivity contribution is 0.460. The van der Waals surface area contributed by atoms with Crippen molar-refractivity contribution in [3.05, 3.63) is 28.8 Å². The zero-order chi connectivity index (χ0) is 9.14. The molecule has 1 unspecified atom stereocenters. The number of phenolic OH excluding ortho intramolecular Hbond substituents is 1. The van der Waals surface area contributed by atoms with Gasteiger partial charge in [0.25, 0.3) is 0 Å². The molecule has 1 atom stereocenters. The van der Waals surface area contributed by atoms with Crippen LogP contribution in [0.4, 0.5) is 0 Å². The van der Waals surface area contributed by atoms with Crippen LogP contribution in [0.25, 0.3) is 0 Å². The van der Waals surface area contributed by atoms with Crippen LogP contribution in [-0.2, 0) is 0 Å². The maximum absolute atomic E-state index is 9.43. The minimum Gasteiger partial charge on any atom is -0.508 e. The number of phenols is 1. The molecule has 0 aliphatic heterocycles. The van der Waals surface area contributed by atoms with Crippen LogP contribution >= 0.6 is 11.6 Å². The molecule has 0 saturated carbocycles. The van der Waals surface area contributed by atoms with Crippen molar-refractivity contribution in [3.63, 3.8) is 0 Å². The topological polar surface area (TPSA) is 46.2 Å². The largest absolute Gasteiger partial charge is 0.508 e. The van der Waals surface area contributed by atoms with E-state index in [0.29, 0.717) is 5.02 Å². The van der Waals surface area contributed by atoms with E-state index in [1.807, 2.05) is 6.92 Å². The Morgan fingerprint density at radius 1 is 1.58 bits per heavy atom. The zero-order valence-corrected chi connectivity index (χ0v) is 7.67. The van der Waals surface area contributed by atoms with Crippen LogP contribution in [0.2, 0.25) is 5.02 Å². The summed E-state index contributed by atoms with van der Waals surface area (Å²) in [7, 11) is 0. The van der Waals surface area contributed by atoms with E-state index in [1.54, 1.807) is 12.1 Å². The van der Waals surface area contributed by atoms with Crippen LogP contribution in [0, 0.1) is 0 Å². The van der Waals surface area contributed by atoms with Crippen LogP contribution in [-0.4, -0.2) is 5.11 Å². The lowest BCUT2D eigenvalue weighted by Crippen LogP contribution is -2.08. The predicted octanol–water partition coefficient (Wildman–Crippen LogP) is 2.46. The van der Waals surface area contributed by atoms with Crippen molar-refractivity contribution < 1.29 is 5.11 Å². The van der Waals surface area contributed by atoms with Gasteiger partial charge in [0.2, 0.25) is 0 Å². The molecule has 0 saturated heterocycles. The van der Waals surface area contributed by atoms with Crippen LogP contribution in [0.5, 0.6) is 5.75 Å². The van der Waals surface area contributed by atoms with E-state index in [9.17, 15) is 5.11 Å². The van der Waals surface area contributed by atoms with Gasteiger partial charge in [0, 0.05) is 16.6 Å². The first-order valence-corrected chi connectivity index (χ1v) is 4.27. The highest BCUT2D eigenvalue weighted by Gasteiger charge is 2.08. The number of hydrogen-bond acceptors (Lipinski definition) is 2. The fourth-order valence-electron chi connectivity index (χ4n) is 1.05. The lowest BCUT2D eigenvalue weighted by atomic mass is 10.0. The smallest absolute Gasteiger partial charge is 0.121 e. The molecule has 0 aliphatic carbocycles. The number of benzene rings is 1. The highest BCUT2D eigenvalue weighted by Crippen LogP contribution is 2.27. The normalized spacial score (nSPS) is 12.9. The fourth-order valence-corrected chi connectivity index (χ4v) is 1.22. The van der Waals surface area contributed by atoms with Gasteiger partial charge in [0.15, 0.2) is 0 Å². The molecule has 0 bridgehead atoms. The Labute approximate surface area is 77.0 Å². The second kappa shape index (κ2) is 3.78. The van der Waals surface area contributed by atoms with Gasteiger partial charge in [-0.2, -0.15) is 0 Å². The Hall–Kier alpha value is -0.730. The van der Waals surface area contributed by atoms with Gasteiger partial charge < -0.3 is 10.8 Å². The summed E-state index contributed by atoms with van der Waals surface area (Å²) in [6.45, 7) is 1.97. The molecule has 3 N–H and O–H groups in total. The fraction of sp³-hybridized carbons (Fsp3) is 0.333. The summed E-state index contributed by atoms with van der Waals surface area (Å²) >= 11 is 5.66. The van der Waals surface area contributed by atoms with E-state index < -0.39 is 0 Å². The molecule has 0 radical (unpaired) electrons. The average Bonchev–Trinajstić information content (AvgIpc) is 2.03. The first-order chi connectivity index (χ1) is 5.65. The van der Waals surface area contributed by atoms with Gasteiger partial charge in [0.05, 0.1) is 0 Å². The van der Waals surface area contributed by atoms with Crippen molar-refractivity contribution in [1.82, 2.24) is 0 Å².